The lowest BCUT2D eigenvalue weighted by Crippen LogP contribution is -2.24. The molecule has 4 rings (SSSR count). The Morgan fingerprint density at radius 1 is 0.906 bits per heavy atom. The fourth-order valence-corrected chi connectivity index (χ4v) is 3.48. The number of amides is 1. The van der Waals surface area contributed by atoms with Crippen LogP contribution in [0.1, 0.15) is 15.9 Å². The molecule has 0 saturated heterocycles. The first kappa shape index (κ1) is 21.4. The zero-order valence-corrected chi connectivity index (χ0v) is 17.2. The van der Waals surface area contributed by atoms with E-state index in [4.69, 9.17) is 11.6 Å². The fourth-order valence-electron chi connectivity index (χ4n) is 3.31. The van der Waals surface area contributed by atoms with Gasteiger partial charge >= 0.3 is 0 Å². The standard InChI is InChI=1S/C24H15ClF2N2O3/c25-15-3-10-21-19(11-15)24(32)20(23(31)14-1-4-16(26)5-2-14)12-29(21)13-22(30)28-18-8-6-17(27)7-9-18/h1-12H,13H2,(H,28,30). The van der Waals surface area contributed by atoms with Gasteiger partial charge in [-0.2, -0.15) is 0 Å². The van der Waals surface area contributed by atoms with Gasteiger partial charge < -0.3 is 9.88 Å². The highest BCUT2D eigenvalue weighted by atomic mass is 35.5. The van der Waals surface area contributed by atoms with Crippen molar-refractivity contribution in [1.29, 1.82) is 0 Å². The highest BCUT2D eigenvalue weighted by Crippen LogP contribution is 2.19. The number of rotatable bonds is 5. The third-order valence-electron chi connectivity index (χ3n) is 4.84. The molecule has 1 N–H and O–H groups in total. The van der Waals surface area contributed by atoms with Crippen LogP contribution < -0.4 is 10.7 Å². The van der Waals surface area contributed by atoms with Crippen molar-refractivity contribution < 1.29 is 18.4 Å². The molecular formula is C24H15ClF2N2O3. The van der Waals surface area contributed by atoms with Gasteiger partial charge in [0.25, 0.3) is 0 Å². The Labute approximate surface area is 185 Å². The molecule has 0 bridgehead atoms. The number of fused-ring (bicyclic) bond motifs is 1. The van der Waals surface area contributed by atoms with Crippen molar-refractivity contribution in [3.8, 4) is 0 Å². The minimum absolute atomic E-state index is 0.132. The molecule has 0 aliphatic heterocycles. The smallest absolute Gasteiger partial charge is 0.244 e. The number of pyridine rings is 1. The molecule has 0 saturated carbocycles. The van der Waals surface area contributed by atoms with E-state index in [1.807, 2.05) is 0 Å². The summed E-state index contributed by atoms with van der Waals surface area (Å²) in [5.41, 5.74) is 0.205. The van der Waals surface area contributed by atoms with Crippen LogP contribution in [-0.2, 0) is 11.3 Å². The quantitative estimate of drug-likeness (QED) is 0.442. The lowest BCUT2D eigenvalue weighted by Gasteiger charge is -2.14. The summed E-state index contributed by atoms with van der Waals surface area (Å²) in [6.45, 7) is -0.223. The fraction of sp³-hybridized carbons (Fsp3) is 0.0417. The lowest BCUT2D eigenvalue weighted by molar-refractivity contribution is -0.116. The number of anilines is 1. The third-order valence-corrected chi connectivity index (χ3v) is 5.07. The van der Waals surface area contributed by atoms with E-state index in [0.29, 0.717) is 16.2 Å². The average Bonchev–Trinajstić information content (AvgIpc) is 2.77. The molecule has 0 fully saturated rings. The monoisotopic (exact) mass is 452 g/mol. The second-order valence-electron chi connectivity index (χ2n) is 7.05. The molecule has 5 nitrogen and oxygen atoms in total. The molecule has 160 valence electrons. The molecule has 1 heterocycles. The van der Waals surface area contributed by atoms with Crippen LogP contribution in [0.2, 0.25) is 5.02 Å². The molecule has 0 radical (unpaired) electrons. The maximum absolute atomic E-state index is 13.2. The first-order valence-electron chi connectivity index (χ1n) is 9.50. The van der Waals surface area contributed by atoms with Crippen molar-refractivity contribution in [1.82, 2.24) is 4.57 Å². The Morgan fingerprint density at radius 3 is 2.19 bits per heavy atom. The van der Waals surface area contributed by atoms with Crippen LogP contribution in [0.5, 0.6) is 0 Å². The first-order valence-corrected chi connectivity index (χ1v) is 9.88. The SMILES string of the molecule is O=C(Cn1cc(C(=O)c2ccc(F)cc2)c(=O)c2cc(Cl)ccc21)Nc1ccc(F)cc1. The number of benzene rings is 3. The number of hydrogen-bond acceptors (Lipinski definition) is 3. The van der Waals surface area contributed by atoms with Gasteiger partial charge in [0.15, 0.2) is 5.78 Å². The predicted molar refractivity (Wildman–Crippen MR) is 118 cm³/mol. The zero-order chi connectivity index (χ0) is 22.8. The molecule has 0 atom stereocenters. The van der Waals surface area contributed by atoms with Gasteiger partial charge in [0.1, 0.15) is 18.2 Å². The lowest BCUT2D eigenvalue weighted by atomic mass is 10.0. The second kappa shape index (κ2) is 8.72. The van der Waals surface area contributed by atoms with Crippen LogP contribution in [0.3, 0.4) is 0 Å². The Morgan fingerprint density at radius 2 is 1.53 bits per heavy atom. The summed E-state index contributed by atoms with van der Waals surface area (Å²) < 4.78 is 27.8. The highest BCUT2D eigenvalue weighted by Gasteiger charge is 2.18. The molecule has 1 amide bonds. The van der Waals surface area contributed by atoms with Crippen molar-refractivity contribution in [2.75, 3.05) is 5.32 Å². The normalized spacial score (nSPS) is 10.8. The van der Waals surface area contributed by atoms with E-state index in [2.05, 4.69) is 5.32 Å². The number of ketones is 1. The number of halogens is 3. The molecule has 0 spiro atoms. The molecule has 0 aliphatic rings. The summed E-state index contributed by atoms with van der Waals surface area (Å²) in [5.74, 6) is -2.00. The number of aromatic nitrogens is 1. The molecular weight excluding hydrogens is 438 g/mol. The van der Waals surface area contributed by atoms with Gasteiger partial charge in [0, 0.05) is 27.9 Å². The molecule has 3 aromatic carbocycles. The number of nitrogens with zero attached hydrogens (tertiary/aromatic N) is 1. The van der Waals surface area contributed by atoms with Crippen molar-refractivity contribution in [2.24, 2.45) is 0 Å². The number of carbonyl (C=O) groups excluding carboxylic acids is 2. The molecule has 8 heteroatoms. The minimum atomic E-state index is -0.607. The van der Waals surface area contributed by atoms with Crippen LogP contribution in [0.15, 0.2) is 77.7 Å². The third kappa shape index (κ3) is 4.43. The van der Waals surface area contributed by atoms with E-state index in [0.717, 1.165) is 12.1 Å². The Hall–Kier alpha value is -3.84. The number of carbonyl (C=O) groups is 2. The number of hydrogen-bond donors (Lipinski definition) is 1. The van der Waals surface area contributed by atoms with E-state index in [-0.39, 0.29) is 23.1 Å². The summed E-state index contributed by atoms with van der Waals surface area (Å²) in [6, 6.07) is 14.7. The second-order valence-corrected chi connectivity index (χ2v) is 7.49. The van der Waals surface area contributed by atoms with Crippen LogP contribution in [0, 0.1) is 11.6 Å². The number of nitrogens with one attached hydrogen (secondary N) is 1. The van der Waals surface area contributed by atoms with E-state index in [1.165, 1.54) is 53.2 Å². The van der Waals surface area contributed by atoms with Gasteiger partial charge in [-0.15, -0.1) is 0 Å². The maximum Gasteiger partial charge on any atom is 0.244 e. The van der Waals surface area contributed by atoms with Crippen LogP contribution in [0.4, 0.5) is 14.5 Å². The van der Waals surface area contributed by atoms with Crippen molar-refractivity contribution in [3.63, 3.8) is 0 Å². The predicted octanol–water partition coefficient (Wildman–Crippen LogP) is 4.80. The summed E-state index contributed by atoms with van der Waals surface area (Å²) in [7, 11) is 0. The van der Waals surface area contributed by atoms with Crippen molar-refractivity contribution in [3.05, 3.63) is 111 Å². The summed E-state index contributed by atoms with van der Waals surface area (Å²) in [6.07, 6.45) is 1.30. The molecule has 4 aromatic rings. The topological polar surface area (TPSA) is 68.2 Å². The van der Waals surface area contributed by atoms with Gasteiger partial charge in [0.2, 0.25) is 11.3 Å². The van der Waals surface area contributed by atoms with Crippen LogP contribution in [0.25, 0.3) is 10.9 Å². The summed E-state index contributed by atoms with van der Waals surface area (Å²) in [4.78, 5) is 38.6. The van der Waals surface area contributed by atoms with Gasteiger partial charge in [-0.25, -0.2) is 8.78 Å². The van der Waals surface area contributed by atoms with Crippen LogP contribution in [-0.4, -0.2) is 16.3 Å². The average molecular weight is 453 g/mol. The molecule has 0 aliphatic carbocycles. The molecule has 32 heavy (non-hydrogen) atoms. The summed E-state index contributed by atoms with van der Waals surface area (Å²) in [5, 5.41) is 3.10. The largest absolute Gasteiger partial charge is 0.337 e. The molecule has 0 unspecified atom stereocenters. The maximum atomic E-state index is 13.2. The summed E-state index contributed by atoms with van der Waals surface area (Å²) >= 11 is 6.05. The van der Waals surface area contributed by atoms with Crippen molar-refractivity contribution in [2.45, 2.75) is 6.54 Å². The Balaban J connectivity index is 1.75. The zero-order valence-electron chi connectivity index (χ0n) is 16.4. The minimum Gasteiger partial charge on any atom is -0.337 e. The van der Waals surface area contributed by atoms with Gasteiger partial charge in [-0.1, -0.05) is 11.6 Å². The van der Waals surface area contributed by atoms with Gasteiger partial charge in [-0.05, 0) is 66.7 Å². The highest BCUT2D eigenvalue weighted by molar-refractivity contribution is 6.31. The van der Waals surface area contributed by atoms with Gasteiger partial charge in [0.05, 0.1) is 11.1 Å². The van der Waals surface area contributed by atoms with Gasteiger partial charge in [-0.3, -0.25) is 14.4 Å². The Bertz CT molecular complexity index is 1400. The molecule has 1 aromatic heterocycles. The van der Waals surface area contributed by atoms with E-state index >= 15 is 0 Å². The first-order chi connectivity index (χ1) is 15.3. The van der Waals surface area contributed by atoms with E-state index < -0.39 is 28.8 Å². The van der Waals surface area contributed by atoms with E-state index in [1.54, 1.807) is 12.1 Å². The Kier molecular flexibility index (Phi) is 5.83. The van der Waals surface area contributed by atoms with E-state index in [9.17, 15) is 23.2 Å². The van der Waals surface area contributed by atoms with Crippen molar-refractivity contribution >= 4 is 39.9 Å². The van der Waals surface area contributed by atoms with Crippen LogP contribution >= 0.6 is 11.6 Å².